The average Bonchev–Trinajstić information content (AvgIpc) is 3.04. The molecule has 1 aromatic carbocycles. The van der Waals surface area contributed by atoms with Crippen LogP contribution in [0, 0.1) is 0 Å². The summed E-state index contributed by atoms with van der Waals surface area (Å²) >= 11 is 13.6. The molecule has 0 spiro atoms. The van der Waals surface area contributed by atoms with Gasteiger partial charge in [-0.2, -0.15) is 0 Å². The Morgan fingerprint density at radius 3 is 2.96 bits per heavy atom. The number of aromatic nitrogens is 2. The molecule has 0 amide bonds. The highest BCUT2D eigenvalue weighted by Crippen LogP contribution is 2.33. The number of nitrogens with zero attached hydrogens (tertiary/aromatic N) is 2. The summed E-state index contributed by atoms with van der Waals surface area (Å²) in [6, 6.07) is 4.89. The van der Waals surface area contributed by atoms with Crippen molar-refractivity contribution < 1.29 is 9.84 Å². The molecular weight excluding hydrogens is 407 g/mol. The lowest BCUT2D eigenvalue weighted by Crippen LogP contribution is -2.30. The van der Waals surface area contributed by atoms with Crippen molar-refractivity contribution in [3.8, 4) is 5.75 Å². The number of aliphatic hydroxyl groups is 1. The van der Waals surface area contributed by atoms with Gasteiger partial charge in [-0.25, -0.2) is 4.98 Å². The molecule has 1 N–H and O–H groups in total. The second kappa shape index (κ2) is 7.80. The molecule has 3 aromatic rings. The summed E-state index contributed by atoms with van der Waals surface area (Å²) in [4.78, 5) is 19.4. The number of fused-ring (bicyclic) bond motifs is 3. The molecule has 2 aromatic heterocycles. The molecule has 1 aliphatic rings. The second-order valence-corrected chi connectivity index (χ2v) is 8.56. The zero-order chi connectivity index (χ0) is 19.0. The normalized spacial score (nSPS) is 14.9. The van der Waals surface area contributed by atoms with Crippen LogP contribution in [-0.2, 0) is 19.4 Å². The third-order valence-corrected chi connectivity index (χ3v) is 6.42. The van der Waals surface area contributed by atoms with Crippen molar-refractivity contribution in [2.45, 2.75) is 38.3 Å². The van der Waals surface area contributed by atoms with E-state index < -0.39 is 6.10 Å². The number of ether oxygens (including phenoxy) is 1. The van der Waals surface area contributed by atoms with E-state index in [0.29, 0.717) is 21.2 Å². The summed E-state index contributed by atoms with van der Waals surface area (Å²) in [5.74, 6) is 0.399. The molecule has 27 heavy (non-hydrogen) atoms. The maximum atomic E-state index is 12.9. The number of aliphatic hydroxyl groups excluding tert-OH is 1. The van der Waals surface area contributed by atoms with E-state index in [1.807, 2.05) is 0 Å². The van der Waals surface area contributed by atoms with Crippen LogP contribution in [-0.4, -0.2) is 27.4 Å². The van der Waals surface area contributed by atoms with Crippen LogP contribution in [0.1, 0.15) is 23.3 Å². The zero-order valence-electron chi connectivity index (χ0n) is 14.5. The molecular formula is C19H18Cl2N2O3S. The highest BCUT2D eigenvalue weighted by atomic mass is 35.5. The standard InChI is InChI=1S/C19H18Cl2N2O3S/c20-11-5-6-14(21)15(7-11)26-9-12(24)8-23-10-22-18-17(19(23)25)13-3-1-2-4-16(13)27-18/h5-7,10,12,24H,1-4,8-9H2/t12-/m0/s1. The molecule has 0 aliphatic heterocycles. The van der Waals surface area contributed by atoms with Crippen LogP contribution >= 0.6 is 34.5 Å². The average molecular weight is 425 g/mol. The lowest BCUT2D eigenvalue weighted by molar-refractivity contribution is 0.0915. The van der Waals surface area contributed by atoms with E-state index in [0.717, 1.165) is 36.1 Å². The van der Waals surface area contributed by atoms with Crippen molar-refractivity contribution >= 4 is 44.8 Å². The fourth-order valence-corrected chi connectivity index (χ4v) is 4.92. The van der Waals surface area contributed by atoms with E-state index in [9.17, 15) is 9.90 Å². The van der Waals surface area contributed by atoms with Crippen molar-refractivity contribution in [2.24, 2.45) is 0 Å². The maximum Gasteiger partial charge on any atom is 0.262 e. The minimum absolute atomic E-state index is 0.00766. The first-order chi connectivity index (χ1) is 13.0. The first-order valence-electron chi connectivity index (χ1n) is 8.78. The van der Waals surface area contributed by atoms with Gasteiger partial charge in [0.1, 0.15) is 23.3 Å². The molecule has 2 heterocycles. The molecule has 0 saturated heterocycles. The van der Waals surface area contributed by atoms with Crippen LogP contribution in [0.4, 0.5) is 0 Å². The molecule has 0 radical (unpaired) electrons. The molecule has 0 bridgehead atoms. The van der Waals surface area contributed by atoms with E-state index in [-0.39, 0.29) is 18.7 Å². The zero-order valence-corrected chi connectivity index (χ0v) is 16.8. The van der Waals surface area contributed by atoms with Gasteiger partial charge in [0.15, 0.2) is 0 Å². The molecule has 0 unspecified atom stereocenters. The lowest BCUT2D eigenvalue weighted by atomic mass is 9.97. The van der Waals surface area contributed by atoms with E-state index in [2.05, 4.69) is 4.98 Å². The monoisotopic (exact) mass is 424 g/mol. The number of aryl methyl sites for hydroxylation is 2. The van der Waals surface area contributed by atoms with Gasteiger partial charge in [-0.15, -0.1) is 11.3 Å². The summed E-state index contributed by atoms with van der Waals surface area (Å²) in [5.41, 5.74) is 1.05. The summed E-state index contributed by atoms with van der Waals surface area (Å²) in [7, 11) is 0. The summed E-state index contributed by atoms with van der Waals surface area (Å²) in [5, 5.41) is 11.9. The second-order valence-electron chi connectivity index (χ2n) is 6.63. The third-order valence-electron chi connectivity index (χ3n) is 4.67. The number of hydrogen-bond acceptors (Lipinski definition) is 5. The Kier molecular flexibility index (Phi) is 5.41. The summed E-state index contributed by atoms with van der Waals surface area (Å²) < 4.78 is 7.01. The molecule has 8 heteroatoms. The highest BCUT2D eigenvalue weighted by Gasteiger charge is 2.20. The fraction of sp³-hybridized carbons (Fsp3) is 0.368. The van der Waals surface area contributed by atoms with E-state index in [4.69, 9.17) is 27.9 Å². The van der Waals surface area contributed by atoms with Gasteiger partial charge in [0, 0.05) is 16.0 Å². The van der Waals surface area contributed by atoms with Crippen molar-refractivity contribution in [2.75, 3.05) is 6.61 Å². The minimum Gasteiger partial charge on any atom is -0.489 e. The van der Waals surface area contributed by atoms with Crippen LogP contribution in [0.5, 0.6) is 5.75 Å². The van der Waals surface area contributed by atoms with Gasteiger partial charge in [0.2, 0.25) is 0 Å². The molecule has 0 fully saturated rings. The molecule has 5 nitrogen and oxygen atoms in total. The quantitative estimate of drug-likeness (QED) is 0.669. The van der Waals surface area contributed by atoms with Gasteiger partial charge in [-0.1, -0.05) is 23.2 Å². The van der Waals surface area contributed by atoms with Crippen molar-refractivity contribution in [3.05, 3.63) is 55.4 Å². The molecule has 142 valence electrons. The summed E-state index contributed by atoms with van der Waals surface area (Å²) in [6.07, 6.45) is 4.83. The Labute approximate surface area is 170 Å². The van der Waals surface area contributed by atoms with E-state index >= 15 is 0 Å². The third kappa shape index (κ3) is 3.85. The first-order valence-corrected chi connectivity index (χ1v) is 10.4. The van der Waals surface area contributed by atoms with Crippen LogP contribution in [0.15, 0.2) is 29.3 Å². The molecule has 1 atom stereocenters. The van der Waals surface area contributed by atoms with Crippen LogP contribution in [0.3, 0.4) is 0 Å². The first kappa shape index (κ1) is 18.7. The van der Waals surface area contributed by atoms with E-state index in [1.165, 1.54) is 15.8 Å². The van der Waals surface area contributed by atoms with Gasteiger partial charge in [0.25, 0.3) is 5.56 Å². The van der Waals surface area contributed by atoms with E-state index in [1.54, 1.807) is 29.5 Å². The number of hydrogen-bond donors (Lipinski definition) is 1. The Morgan fingerprint density at radius 2 is 2.11 bits per heavy atom. The van der Waals surface area contributed by atoms with Crippen LogP contribution in [0.2, 0.25) is 10.0 Å². The molecule has 1 aliphatic carbocycles. The van der Waals surface area contributed by atoms with Crippen molar-refractivity contribution in [1.82, 2.24) is 9.55 Å². The van der Waals surface area contributed by atoms with Gasteiger partial charge in [0.05, 0.1) is 23.3 Å². The number of thiophene rings is 1. The van der Waals surface area contributed by atoms with Gasteiger partial charge in [-0.05, 0) is 43.4 Å². The lowest BCUT2D eigenvalue weighted by Gasteiger charge is -2.15. The Bertz CT molecular complexity index is 1050. The maximum absolute atomic E-state index is 12.9. The predicted molar refractivity (Wildman–Crippen MR) is 108 cm³/mol. The van der Waals surface area contributed by atoms with Crippen molar-refractivity contribution in [3.63, 3.8) is 0 Å². The fourth-order valence-electron chi connectivity index (χ4n) is 3.36. The summed E-state index contributed by atoms with van der Waals surface area (Å²) in [6.45, 7) is 0.0941. The van der Waals surface area contributed by atoms with Gasteiger partial charge in [-0.3, -0.25) is 9.36 Å². The molecule has 0 saturated carbocycles. The largest absolute Gasteiger partial charge is 0.489 e. The SMILES string of the molecule is O=c1c2c3c(sc2ncn1C[C@H](O)COc1cc(Cl)ccc1Cl)CCCC3. The Hall–Kier alpha value is -1.60. The Balaban J connectivity index is 1.52. The minimum atomic E-state index is -0.883. The predicted octanol–water partition coefficient (Wildman–Crippen LogP) is 4.08. The van der Waals surface area contributed by atoms with Gasteiger partial charge < -0.3 is 9.84 Å². The highest BCUT2D eigenvalue weighted by molar-refractivity contribution is 7.18. The number of rotatable bonds is 5. The topological polar surface area (TPSA) is 64.4 Å². The van der Waals surface area contributed by atoms with Crippen LogP contribution in [0.25, 0.3) is 10.2 Å². The Morgan fingerprint density at radius 1 is 1.30 bits per heavy atom. The van der Waals surface area contributed by atoms with Crippen molar-refractivity contribution in [1.29, 1.82) is 0 Å². The van der Waals surface area contributed by atoms with Gasteiger partial charge >= 0.3 is 0 Å². The van der Waals surface area contributed by atoms with Crippen LogP contribution < -0.4 is 10.3 Å². The smallest absolute Gasteiger partial charge is 0.262 e. The number of benzene rings is 1. The molecule has 4 rings (SSSR count). The number of halogens is 2.